The van der Waals surface area contributed by atoms with Crippen LogP contribution in [0.25, 0.3) is 12.2 Å². The van der Waals surface area contributed by atoms with Crippen LogP contribution >= 0.6 is 0 Å². The van der Waals surface area contributed by atoms with Gasteiger partial charge in [0.1, 0.15) is 5.82 Å². The molecule has 0 spiro atoms. The molecule has 0 bridgehead atoms. The standard InChI is InChI=1S/C23H20FNO/c1-16-3-4-18(13-17(16)2)5-6-19-7-8-20(15-26)23(14-19)25-22-11-9-21(24)10-12-22/h3-15,25H,1-2H3/b6-5+. The maximum atomic E-state index is 13.1. The maximum Gasteiger partial charge on any atom is 0.152 e. The van der Waals surface area contributed by atoms with Gasteiger partial charge in [-0.15, -0.1) is 0 Å². The summed E-state index contributed by atoms with van der Waals surface area (Å²) in [5.41, 5.74) is 6.58. The fraction of sp³-hybridized carbons (Fsp3) is 0.0870. The van der Waals surface area contributed by atoms with E-state index in [-0.39, 0.29) is 5.82 Å². The highest BCUT2D eigenvalue weighted by Gasteiger charge is 2.04. The summed E-state index contributed by atoms with van der Waals surface area (Å²) < 4.78 is 13.1. The second kappa shape index (κ2) is 7.79. The van der Waals surface area contributed by atoms with Gasteiger partial charge in [0.05, 0.1) is 0 Å². The molecule has 0 unspecified atom stereocenters. The molecule has 0 atom stereocenters. The lowest BCUT2D eigenvalue weighted by molar-refractivity contribution is 0.112. The van der Waals surface area contributed by atoms with E-state index in [1.165, 1.54) is 23.3 Å². The van der Waals surface area contributed by atoms with Crippen LogP contribution in [0.1, 0.15) is 32.6 Å². The van der Waals surface area contributed by atoms with E-state index >= 15 is 0 Å². The van der Waals surface area contributed by atoms with E-state index in [1.54, 1.807) is 18.2 Å². The summed E-state index contributed by atoms with van der Waals surface area (Å²) in [6.45, 7) is 4.19. The summed E-state index contributed by atoms with van der Waals surface area (Å²) in [7, 11) is 0. The minimum absolute atomic E-state index is 0.295. The van der Waals surface area contributed by atoms with Crippen LogP contribution in [0.5, 0.6) is 0 Å². The molecule has 3 rings (SSSR count). The highest BCUT2D eigenvalue weighted by Crippen LogP contribution is 2.23. The van der Waals surface area contributed by atoms with Crippen molar-refractivity contribution >= 4 is 29.8 Å². The number of carbonyl (C=O) groups excluding carboxylic acids is 1. The van der Waals surface area contributed by atoms with Gasteiger partial charge in [0, 0.05) is 16.9 Å². The average molecular weight is 345 g/mol. The van der Waals surface area contributed by atoms with Gasteiger partial charge in [-0.1, -0.05) is 36.4 Å². The van der Waals surface area contributed by atoms with Crippen molar-refractivity contribution in [1.82, 2.24) is 0 Å². The lowest BCUT2D eigenvalue weighted by atomic mass is 10.0. The number of hydrogen-bond acceptors (Lipinski definition) is 2. The SMILES string of the molecule is Cc1ccc(/C=C/c2ccc(C=O)c(Nc3ccc(F)cc3)c2)cc1C. The van der Waals surface area contributed by atoms with E-state index in [0.29, 0.717) is 11.3 Å². The number of benzene rings is 3. The van der Waals surface area contributed by atoms with Gasteiger partial charge in [-0.25, -0.2) is 4.39 Å². The number of rotatable bonds is 5. The zero-order chi connectivity index (χ0) is 18.5. The molecule has 0 amide bonds. The normalized spacial score (nSPS) is 10.9. The molecule has 2 nitrogen and oxygen atoms in total. The van der Waals surface area contributed by atoms with Crippen LogP contribution in [0.4, 0.5) is 15.8 Å². The molecular formula is C23H20FNO. The molecule has 3 aromatic rings. The smallest absolute Gasteiger partial charge is 0.152 e. The average Bonchev–Trinajstić information content (AvgIpc) is 2.65. The molecule has 26 heavy (non-hydrogen) atoms. The van der Waals surface area contributed by atoms with Crippen LogP contribution < -0.4 is 5.32 Å². The molecule has 0 saturated heterocycles. The number of anilines is 2. The number of aldehydes is 1. The van der Waals surface area contributed by atoms with Gasteiger partial charge in [0.2, 0.25) is 0 Å². The third kappa shape index (κ3) is 4.25. The first-order valence-electron chi connectivity index (χ1n) is 8.42. The van der Waals surface area contributed by atoms with E-state index in [1.807, 2.05) is 24.3 Å². The minimum atomic E-state index is -0.295. The van der Waals surface area contributed by atoms with E-state index in [9.17, 15) is 9.18 Å². The first-order valence-corrected chi connectivity index (χ1v) is 8.42. The summed E-state index contributed by atoms with van der Waals surface area (Å²) in [5.74, 6) is -0.295. The van der Waals surface area contributed by atoms with Gasteiger partial charge < -0.3 is 5.32 Å². The molecule has 0 aromatic heterocycles. The van der Waals surface area contributed by atoms with Crippen molar-refractivity contribution in [2.45, 2.75) is 13.8 Å². The van der Waals surface area contributed by atoms with E-state index in [0.717, 1.165) is 23.1 Å². The van der Waals surface area contributed by atoms with E-state index in [4.69, 9.17) is 0 Å². The Bertz CT molecular complexity index is 958. The molecule has 1 N–H and O–H groups in total. The lowest BCUT2D eigenvalue weighted by Gasteiger charge is -2.10. The first kappa shape index (κ1) is 17.6. The number of carbonyl (C=O) groups is 1. The third-order valence-corrected chi connectivity index (χ3v) is 4.33. The number of nitrogens with one attached hydrogen (secondary N) is 1. The molecule has 0 aliphatic rings. The Morgan fingerprint density at radius 1 is 0.808 bits per heavy atom. The van der Waals surface area contributed by atoms with Gasteiger partial charge in [-0.05, 0) is 72.5 Å². The molecule has 0 heterocycles. The summed E-state index contributed by atoms with van der Waals surface area (Å²) in [5, 5.41) is 3.17. The van der Waals surface area contributed by atoms with Gasteiger partial charge in [-0.3, -0.25) is 4.79 Å². The lowest BCUT2D eigenvalue weighted by Crippen LogP contribution is -1.96. The molecule has 0 fully saturated rings. The topological polar surface area (TPSA) is 29.1 Å². The Labute approximate surface area is 153 Å². The Morgan fingerprint density at radius 3 is 2.12 bits per heavy atom. The highest BCUT2D eigenvalue weighted by atomic mass is 19.1. The Hall–Kier alpha value is -3.20. The highest BCUT2D eigenvalue weighted by molar-refractivity contribution is 5.87. The fourth-order valence-corrected chi connectivity index (χ4v) is 2.64. The van der Waals surface area contributed by atoms with Gasteiger partial charge >= 0.3 is 0 Å². The Kier molecular flexibility index (Phi) is 5.28. The Balaban J connectivity index is 1.86. The molecule has 0 radical (unpaired) electrons. The summed E-state index contributed by atoms with van der Waals surface area (Å²) in [6, 6.07) is 18.0. The summed E-state index contributed by atoms with van der Waals surface area (Å²) in [4.78, 5) is 11.3. The first-order chi connectivity index (χ1) is 12.5. The van der Waals surface area contributed by atoms with Crippen molar-refractivity contribution in [1.29, 1.82) is 0 Å². The maximum absolute atomic E-state index is 13.1. The van der Waals surface area contributed by atoms with E-state index < -0.39 is 0 Å². The van der Waals surface area contributed by atoms with Crippen molar-refractivity contribution < 1.29 is 9.18 Å². The second-order valence-corrected chi connectivity index (χ2v) is 6.27. The largest absolute Gasteiger partial charge is 0.355 e. The predicted octanol–water partition coefficient (Wildman–Crippen LogP) is 6.17. The zero-order valence-electron chi connectivity index (χ0n) is 14.8. The fourth-order valence-electron chi connectivity index (χ4n) is 2.64. The molecule has 130 valence electrons. The predicted molar refractivity (Wildman–Crippen MR) is 106 cm³/mol. The van der Waals surface area contributed by atoms with Gasteiger partial charge in [0.15, 0.2) is 6.29 Å². The Morgan fingerprint density at radius 2 is 1.46 bits per heavy atom. The molecule has 0 aliphatic heterocycles. The molecule has 0 aliphatic carbocycles. The van der Waals surface area contributed by atoms with Crippen LogP contribution in [0.2, 0.25) is 0 Å². The number of aryl methyl sites for hydroxylation is 2. The minimum Gasteiger partial charge on any atom is -0.355 e. The molecule has 3 aromatic carbocycles. The monoisotopic (exact) mass is 345 g/mol. The number of hydrogen-bond donors (Lipinski definition) is 1. The van der Waals surface area contributed by atoms with Crippen LogP contribution in [0.15, 0.2) is 60.7 Å². The molecular weight excluding hydrogens is 325 g/mol. The van der Waals surface area contributed by atoms with Crippen LogP contribution in [-0.4, -0.2) is 6.29 Å². The van der Waals surface area contributed by atoms with Crippen molar-refractivity contribution in [3.8, 4) is 0 Å². The number of halogens is 1. The van der Waals surface area contributed by atoms with Crippen LogP contribution in [0, 0.1) is 19.7 Å². The summed E-state index contributed by atoms with van der Waals surface area (Å²) in [6.07, 6.45) is 4.86. The van der Waals surface area contributed by atoms with E-state index in [2.05, 4.69) is 37.4 Å². The summed E-state index contributed by atoms with van der Waals surface area (Å²) >= 11 is 0. The quantitative estimate of drug-likeness (QED) is 0.442. The van der Waals surface area contributed by atoms with Crippen LogP contribution in [-0.2, 0) is 0 Å². The van der Waals surface area contributed by atoms with Crippen molar-refractivity contribution in [2.75, 3.05) is 5.32 Å². The third-order valence-electron chi connectivity index (χ3n) is 4.33. The van der Waals surface area contributed by atoms with Gasteiger partial charge in [-0.2, -0.15) is 0 Å². The second-order valence-electron chi connectivity index (χ2n) is 6.27. The van der Waals surface area contributed by atoms with Crippen molar-refractivity contribution in [2.24, 2.45) is 0 Å². The van der Waals surface area contributed by atoms with Crippen molar-refractivity contribution in [3.63, 3.8) is 0 Å². The van der Waals surface area contributed by atoms with Gasteiger partial charge in [0.25, 0.3) is 0 Å². The van der Waals surface area contributed by atoms with Crippen molar-refractivity contribution in [3.05, 3.63) is 94.3 Å². The molecule has 0 saturated carbocycles. The zero-order valence-corrected chi connectivity index (χ0v) is 14.8. The molecule has 3 heteroatoms. The van der Waals surface area contributed by atoms with Crippen LogP contribution in [0.3, 0.4) is 0 Å².